The van der Waals surface area contributed by atoms with Crippen molar-refractivity contribution < 1.29 is 28.9 Å². The van der Waals surface area contributed by atoms with E-state index in [0.717, 1.165) is 24.2 Å². The summed E-state index contributed by atoms with van der Waals surface area (Å²) >= 11 is 0. The van der Waals surface area contributed by atoms with Crippen LogP contribution in [0.2, 0.25) is 0 Å². The van der Waals surface area contributed by atoms with Crippen LogP contribution in [0.5, 0.6) is 11.5 Å². The molecule has 7 nitrogen and oxygen atoms in total. The molecule has 2 saturated heterocycles. The van der Waals surface area contributed by atoms with Crippen LogP contribution in [0.3, 0.4) is 0 Å². The number of piperidine rings is 1. The molecule has 1 N–H and O–H groups in total. The predicted octanol–water partition coefficient (Wildman–Crippen LogP) is 3.93. The van der Waals surface area contributed by atoms with E-state index in [1.165, 1.54) is 0 Å². The minimum Gasteiger partial charge on any atom is -0.487 e. The Morgan fingerprint density at radius 2 is 2.00 bits per heavy atom. The summed E-state index contributed by atoms with van der Waals surface area (Å²) in [4.78, 5) is 25.9. The summed E-state index contributed by atoms with van der Waals surface area (Å²) in [6.07, 6.45) is 1.85. The average Bonchev–Trinajstić information content (AvgIpc) is 2.81. The summed E-state index contributed by atoms with van der Waals surface area (Å²) in [6, 6.07) is 14.9. The molecule has 0 radical (unpaired) electrons. The molecule has 1 amide bonds. The summed E-state index contributed by atoms with van der Waals surface area (Å²) in [6.45, 7) is 5.06. The van der Waals surface area contributed by atoms with Gasteiger partial charge in [-0.2, -0.15) is 0 Å². The van der Waals surface area contributed by atoms with Gasteiger partial charge in [-0.25, -0.2) is 4.79 Å². The summed E-state index contributed by atoms with van der Waals surface area (Å²) < 4.78 is 18.3. The van der Waals surface area contributed by atoms with Crippen LogP contribution in [-0.4, -0.2) is 53.3 Å². The summed E-state index contributed by atoms with van der Waals surface area (Å²) in [5.74, 6) is 0.601. The number of benzene rings is 2. The first-order valence-corrected chi connectivity index (χ1v) is 11.5. The summed E-state index contributed by atoms with van der Waals surface area (Å²) in [7, 11) is 0. The molecule has 2 aromatic carbocycles. The van der Waals surface area contributed by atoms with Gasteiger partial charge in [-0.3, -0.25) is 4.79 Å². The van der Waals surface area contributed by atoms with Crippen LogP contribution in [0.4, 0.5) is 0 Å². The third-order valence-corrected chi connectivity index (χ3v) is 7.13. The van der Waals surface area contributed by atoms with Crippen molar-refractivity contribution in [1.29, 1.82) is 0 Å². The zero-order valence-corrected chi connectivity index (χ0v) is 18.9. The van der Waals surface area contributed by atoms with Crippen LogP contribution >= 0.6 is 0 Å². The molecule has 33 heavy (non-hydrogen) atoms. The Morgan fingerprint density at radius 3 is 2.82 bits per heavy atom. The lowest BCUT2D eigenvalue weighted by Gasteiger charge is -2.53. The van der Waals surface area contributed by atoms with Crippen LogP contribution in [0, 0.1) is 11.8 Å². The van der Waals surface area contributed by atoms with E-state index in [4.69, 9.17) is 19.3 Å². The molecule has 0 aromatic heterocycles. The summed E-state index contributed by atoms with van der Waals surface area (Å²) in [5, 5.41) is 8.82. The molecule has 0 bridgehead atoms. The van der Waals surface area contributed by atoms with Gasteiger partial charge in [0.15, 0.2) is 6.61 Å². The molecule has 174 valence electrons. The quantitative estimate of drug-likeness (QED) is 0.758. The van der Waals surface area contributed by atoms with Gasteiger partial charge < -0.3 is 24.2 Å². The van der Waals surface area contributed by atoms with Crippen molar-refractivity contribution in [2.45, 2.75) is 44.5 Å². The molecule has 3 aliphatic heterocycles. The number of fused-ring (bicyclic) bond motifs is 4. The minimum absolute atomic E-state index is 0.0107. The lowest BCUT2D eigenvalue weighted by molar-refractivity contribution is -0.184. The van der Waals surface area contributed by atoms with Gasteiger partial charge in [0.2, 0.25) is 0 Å². The first kappa shape index (κ1) is 21.8. The molecule has 0 spiro atoms. The average molecular weight is 452 g/mol. The third kappa shape index (κ3) is 4.17. The number of aliphatic carboxylic acids is 1. The van der Waals surface area contributed by atoms with Gasteiger partial charge in [-0.05, 0) is 51.0 Å². The van der Waals surface area contributed by atoms with E-state index in [-0.39, 0.29) is 35.6 Å². The van der Waals surface area contributed by atoms with E-state index in [1.807, 2.05) is 23.1 Å². The first-order valence-electron chi connectivity index (χ1n) is 11.5. The predicted molar refractivity (Wildman–Crippen MR) is 120 cm³/mol. The Balaban J connectivity index is 1.31. The number of carbonyl (C=O) groups is 2. The van der Waals surface area contributed by atoms with Gasteiger partial charge in [0, 0.05) is 36.1 Å². The Kier molecular flexibility index (Phi) is 5.52. The molecule has 4 atom stereocenters. The first-order chi connectivity index (χ1) is 15.8. The number of carboxylic acids is 1. The van der Waals surface area contributed by atoms with Crippen molar-refractivity contribution >= 4 is 11.9 Å². The number of hydrogen-bond acceptors (Lipinski definition) is 5. The fourth-order valence-corrected chi connectivity index (χ4v) is 5.49. The highest BCUT2D eigenvalue weighted by atomic mass is 16.5. The lowest BCUT2D eigenvalue weighted by Crippen LogP contribution is -2.56. The van der Waals surface area contributed by atoms with Gasteiger partial charge in [-0.1, -0.05) is 24.3 Å². The SMILES string of the molecule is CC1(C)Oc2ccccc2[C@@H]2O[C@@H]3CCN(C(=O)c4cccc(OCC(=O)O)c4)C[C@@H]3C[C@H]21. The van der Waals surface area contributed by atoms with Gasteiger partial charge in [0.05, 0.1) is 12.2 Å². The third-order valence-electron chi connectivity index (χ3n) is 7.13. The number of carboxylic acid groups (broad SMARTS) is 1. The number of carbonyl (C=O) groups excluding carboxylic acids is 1. The Morgan fingerprint density at radius 1 is 1.18 bits per heavy atom. The van der Waals surface area contributed by atoms with Crippen LogP contribution in [0.15, 0.2) is 48.5 Å². The van der Waals surface area contributed by atoms with Crippen molar-refractivity contribution in [3.8, 4) is 11.5 Å². The lowest BCUT2D eigenvalue weighted by atomic mass is 9.70. The van der Waals surface area contributed by atoms with Crippen LogP contribution in [-0.2, 0) is 9.53 Å². The number of para-hydroxylation sites is 1. The number of likely N-dealkylation sites (tertiary alicyclic amines) is 1. The molecule has 3 heterocycles. The number of rotatable bonds is 4. The molecular formula is C26H29NO6. The highest BCUT2D eigenvalue weighted by molar-refractivity contribution is 5.94. The number of amides is 1. The molecule has 0 unspecified atom stereocenters. The molecule has 3 aliphatic rings. The number of ether oxygens (including phenoxy) is 3. The van der Waals surface area contributed by atoms with E-state index < -0.39 is 12.6 Å². The smallest absolute Gasteiger partial charge is 0.341 e. The molecule has 7 heteroatoms. The fourth-order valence-electron chi connectivity index (χ4n) is 5.49. The molecule has 5 rings (SSSR count). The Labute approximate surface area is 193 Å². The monoisotopic (exact) mass is 451 g/mol. The second kappa shape index (κ2) is 8.37. The second-order valence-electron chi connectivity index (χ2n) is 9.69. The maximum Gasteiger partial charge on any atom is 0.341 e. The van der Waals surface area contributed by atoms with E-state index in [1.54, 1.807) is 24.3 Å². The largest absolute Gasteiger partial charge is 0.487 e. The van der Waals surface area contributed by atoms with Crippen molar-refractivity contribution in [1.82, 2.24) is 4.90 Å². The van der Waals surface area contributed by atoms with E-state index in [0.29, 0.717) is 24.4 Å². The second-order valence-corrected chi connectivity index (χ2v) is 9.69. The van der Waals surface area contributed by atoms with Crippen molar-refractivity contribution in [2.24, 2.45) is 11.8 Å². The van der Waals surface area contributed by atoms with Crippen LogP contribution < -0.4 is 9.47 Å². The minimum atomic E-state index is -1.05. The van der Waals surface area contributed by atoms with E-state index in [2.05, 4.69) is 19.9 Å². The van der Waals surface area contributed by atoms with Crippen LogP contribution in [0.1, 0.15) is 48.7 Å². The number of hydrogen-bond donors (Lipinski definition) is 1. The molecule has 0 aliphatic carbocycles. The Hall–Kier alpha value is -3.06. The van der Waals surface area contributed by atoms with Crippen molar-refractivity contribution in [2.75, 3.05) is 19.7 Å². The topological polar surface area (TPSA) is 85.3 Å². The molecule has 0 saturated carbocycles. The van der Waals surface area contributed by atoms with Gasteiger partial charge in [0.1, 0.15) is 17.1 Å². The molecule has 2 fully saturated rings. The van der Waals surface area contributed by atoms with Gasteiger partial charge in [-0.15, -0.1) is 0 Å². The van der Waals surface area contributed by atoms with Crippen molar-refractivity contribution in [3.05, 3.63) is 59.7 Å². The maximum atomic E-state index is 13.2. The highest BCUT2D eigenvalue weighted by Crippen LogP contribution is 2.52. The van der Waals surface area contributed by atoms with Gasteiger partial charge in [0.25, 0.3) is 5.91 Å². The highest BCUT2D eigenvalue weighted by Gasteiger charge is 2.51. The number of nitrogens with zero attached hydrogens (tertiary/aromatic N) is 1. The normalized spacial score (nSPS) is 27.4. The van der Waals surface area contributed by atoms with E-state index in [9.17, 15) is 9.59 Å². The Bertz CT molecular complexity index is 1070. The zero-order chi connectivity index (χ0) is 23.2. The molecule has 2 aromatic rings. The van der Waals surface area contributed by atoms with Gasteiger partial charge >= 0.3 is 5.97 Å². The fraction of sp³-hybridized carbons (Fsp3) is 0.462. The molecular weight excluding hydrogens is 422 g/mol. The maximum absolute atomic E-state index is 13.2. The zero-order valence-electron chi connectivity index (χ0n) is 18.9. The van der Waals surface area contributed by atoms with Crippen LogP contribution in [0.25, 0.3) is 0 Å². The van der Waals surface area contributed by atoms with Crippen molar-refractivity contribution in [3.63, 3.8) is 0 Å². The summed E-state index contributed by atoms with van der Waals surface area (Å²) in [5.41, 5.74) is 1.27. The van der Waals surface area contributed by atoms with E-state index >= 15 is 0 Å². The standard InChI is InChI=1S/C26H29NO6/c1-26(2)20-13-17-14-27(25(30)16-6-5-7-18(12-16)31-15-23(28)29)11-10-21(17)32-24(20)19-8-3-4-9-22(19)33-26/h3-9,12,17,20-21,24H,10-11,13-15H2,1-2H3,(H,28,29)/t17-,20+,21+,24-/m0/s1.